The lowest BCUT2D eigenvalue weighted by Crippen LogP contribution is -2.30. The average molecular weight is 348 g/mol. The number of hydrogen-bond donors (Lipinski definition) is 1. The molecule has 4 heteroatoms. The molecule has 2 aromatic rings. The molecule has 0 amide bonds. The quantitative estimate of drug-likeness (QED) is 0.745. The molecular weight excluding hydrogens is 329 g/mol. The zero-order valence-electron chi connectivity index (χ0n) is 12.8. The largest absolute Gasteiger partial charge is 0.378 e. The van der Waals surface area contributed by atoms with Gasteiger partial charge in [0.25, 0.3) is 0 Å². The lowest BCUT2D eigenvalue weighted by atomic mass is 9.80. The number of ketones is 1. The number of anilines is 1. The van der Waals surface area contributed by atoms with Gasteiger partial charge in [0, 0.05) is 28.1 Å². The zero-order chi connectivity index (χ0) is 16.2. The van der Waals surface area contributed by atoms with Crippen LogP contribution in [-0.2, 0) is 4.79 Å². The molecule has 2 unspecified atom stereocenters. The molecule has 0 saturated heterocycles. The molecule has 1 fully saturated rings. The van der Waals surface area contributed by atoms with E-state index in [1.807, 2.05) is 48.5 Å². The highest BCUT2D eigenvalue weighted by Gasteiger charge is 2.31. The van der Waals surface area contributed by atoms with Crippen LogP contribution >= 0.6 is 23.2 Å². The van der Waals surface area contributed by atoms with Gasteiger partial charge in [0.2, 0.25) is 0 Å². The first kappa shape index (κ1) is 16.4. The summed E-state index contributed by atoms with van der Waals surface area (Å²) in [5, 5.41) is 4.92. The van der Waals surface area contributed by atoms with Crippen LogP contribution in [0.15, 0.2) is 48.5 Å². The maximum absolute atomic E-state index is 12.4. The summed E-state index contributed by atoms with van der Waals surface area (Å²) in [5.41, 5.74) is 2.05. The van der Waals surface area contributed by atoms with Gasteiger partial charge in [-0.3, -0.25) is 4.79 Å². The highest BCUT2D eigenvalue weighted by molar-refractivity contribution is 6.30. The van der Waals surface area contributed by atoms with Gasteiger partial charge < -0.3 is 5.32 Å². The lowest BCUT2D eigenvalue weighted by Gasteiger charge is -2.31. The summed E-state index contributed by atoms with van der Waals surface area (Å²) in [7, 11) is 0. The van der Waals surface area contributed by atoms with Crippen LogP contribution in [0.5, 0.6) is 0 Å². The van der Waals surface area contributed by atoms with Gasteiger partial charge in [-0.05, 0) is 54.8 Å². The van der Waals surface area contributed by atoms with Gasteiger partial charge in [-0.25, -0.2) is 0 Å². The summed E-state index contributed by atoms with van der Waals surface area (Å²) >= 11 is 12.0. The second kappa shape index (κ2) is 7.37. The highest BCUT2D eigenvalue weighted by Crippen LogP contribution is 2.35. The number of carbonyl (C=O) groups is 1. The van der Waals surface area contributed by atoms with Crippen molar-refractivity contribution in [2.24, 2.45) is 5.92 Å². The number of halogens is 2. The minimum absolute atomic E-state index is 0.000559. The van der Waals surface area contributed by atoms with Crippen LogP contribution < -0.4 is 5.32 Å². The summed E-state index contributed by atoms with van der Waals surface area (Å²) in [6.07, 6.45) is 3.70. The number of nitrogens with one attached hydrogen (secondary N) is 1. The molecule has 1 N–H and O–H groups in total. The van der Waals surface area contributed by atoms with E-state index >= 15 is 0 Å². The summed E-state index contributed by atoms with van der Waals surface area (Å²) in [6, 6.07) is 15.3. The fourth-order valence-electron chi connectivity index (χ4n) is 3.17. The van der Waals surface area contributed by atoms with Crippen molar-refractivity contribution in [1.82, 2.24) is 0 Å². The fraction of sp³-hybridized carbons (Fsp3) is 0.316. The minimum Gasteiger partial charge on any atom is -0.378 e. The van der Waals surface area contributed by atoms with E-state index in [2.05, 4.69) is 5.32 Å². The summed E-state index contributed by atoms with van der Waals surface area (Å²) in [4.78, 5) is 12.4. The Morgan fingerprint density at radius 3 is 2.13 bits per heavy atom. The molecule has 2 aromatic carbocycles. The number of carbonyl (C=O) groups excluding carboxylic acids is 1. The van der Waals surface area contributed by atoms with Crippen LogP contribution in [0.1, 0.15) is 37.3 Å². The maximum atomic E-state index is 12.4. The van der Waals surface area contributed by atoms with E-state index < -0.39 is 0 Å². The number of benzene rings is 2. The molecule has 1 aliphatic carbocycles. The van der Waals surface area contributed by atoms with Gasteiger partial charge in [-0.15, -0.1) is 0 Å². The lowest BCUT2D eigenvalue weighted by molar-refractivity contribution is -0.125. The smallest absolute Gasteiger partial charge is 0.138 e. The van der Waals surface area contributed by atoms with E-state index in [4.69, 9.17) is 23.2 Å². The van der Waals surface area contributed by atoms with Gasteiger partial charge in [-0.1, -0.05) is 41.8 Å². The third kappa shape index (κ3) is 4.07. The zero-order valence-corrected chi connectivity index (χ0v) is 14.3. The molecule has 1 saturated carbocycles. The number of hydrogen-bond acceptors (Lipinski definition) is 2. The normalized spacial score (nSPS) is 19.4. The van der Waals surface area contributed by atoms with Crippen LogP contribution in [0.3, 0.4) is 0 Å². The van der Waals surface area contributed by atoms with Crippen LogP contribution in [-0.4, -0.2) is 5.78 Å². The Kier molecular flexibility index (Phi) is 5.24. The van der Waals surface area contributed by atoms with Crippen molar-refractivity contribution < 1.29 is 4.79 Å². The summed E-state index contributed by atoms with van der Waals surface area (Å²) in [6.45, 7) is 0. The maximum Gasteiger partial charge on any atom is 0.138 e. The minimum atomic E-state index is -0.0405. The molecule has 3 rings (SSSR count). The molecular formula is C19H19Cl2NO. The molecule has 0 heterocycles. The first-order chi connectivity index (χ1) is 11.1. The van der Waals surface area contributed by atoms with Gasteiger partial charge in [0.15, 0.2) is 0 Å². The monoisotopic (exact) mass is 347 g/mol. The van der Waals surface area contributed by atoms with Gasteiger partial charge in [0.05, 0.1) is 6.04 Å². The van der Waals surface area contributed by atoms with E-state index in [1.54, 1.807) is 0 Å². The Morgan fingerprint density at radius 1 is 0.913 bits per heavy atom. The Hall–Kier alpha value is -1.51. The molecule has 0 bridgehead atoms. The van der Waals surface area contributed by atoms with E-state index in [1.165, 1.54) is 0 Å². The Labute approximate surface area is 146 Å². The van der Waals surface area contributed by atoms with Crippen molar-refractivity contribution >= 4 is 34.7 Å². The summed E-state index contributed by atoms with van der Waals surface area (Å²) in [5.74, 6) is 0.346. The van der Waals surface area contributed by atoms with Gasteiger partial charge in [0.1, 0.15) is 5.78 Å². The van der Waals surface area contributed by atoms with Crippen LogP contribution in [0.4, 0.5) is 5.69 Å². The topological polar surface area (TPSA) is 29.1 Å². The first-order valence-corrected chi connectivity index (χ1v) is 8.69. The van der Waals surface area contributed by atoms with E-state index in [0.717, 1.165) is 30.5 Å². The second-order valence-electron chi connectivity index (χ2n) is 6.00. The van der Waals surface area contributed by atoms with Crippen molar-refractivity contribution in [3.05, 3.63) is 64.1 Å². The van der Waals surface area contributed by atoms with Crippen LogP contribution in [0.2, 0.25) is 10.0 Å². The fourth-order valence-corrected chi connectivity index (χ4v) is 3.43. The van der Waals surface area contributed by atoms with E-state index in [9.17, 15) is 4.79 Å². The summed E-state index contributed by atoms with van der Waals surface area (Å²) < 4.78 is 0. The Morgan fingerprint density at radius 2 is 1.52 bits per heavy atom. The average Bonchev–Trinajstić information content (AvgIpc) is 2.56. The second-order valence-corrected chi connectivity index (χ2v) is 6.87. The van der Waals surface area contributed by atoms with Crippen molar-refractivity contribution in [1.29, 1.82) is 0 Å². The van der Waals surface area contributed by atoms with E-state index in [0.29, 0.717) is 22.2 Å². The first-order valence-electron chi connectivity index (χ1n) is 7.94. The van der Waals surface area contributed by atoms with Crippen molar-refractivity contribution in [3.63, 3.8) is 0 Å². The third-order valence-corrected chi connectivity index (χ3v) is 4.90. The molecule has 0 aliphatic heterocycles. The molecule has 1 aliphatic rings. The molecule has 0 spiro atoms. The molecule has 2 nitrogen and oxygen atoms in total. The van der Waals surface area contributed by atoms with Crippen LogP contribution in [0, 0.1) is 5.92 Å². The van der Waals surface area contributed by atoms with Crippen molar-refractivity contribution in [2.45, 2.75) is 31.7 Å². The predicted molar refractivity (Wildman–Crippen MR) is 96.2 cm³/mol. The van der Waals surface area contributed by atoms with Crippen molar-refractivity contribution in [3.8, 4) is 0 Å². The van der Waals surface area contributed by atoms with Gasteiger partial charge in [-0.2, -0.15) is 0 Å². The SMILES string of the molecule is O=C1CCCCC1C(Nc1ccc(Cl)cc1)c1ccc(Cl)cc1. The van der Waals surface area contributed by atoms with Crippen LogP contribution in [0.25, 0.3) is 0 Å². The molecule has 2 atom stereocenters. The van der Waals surface area contributed by atoms with Crippen molar-refractivity contribution in [2.75, 3.05) is 5.32 Å². The molecule has 0 radical (unpaired) electrons. The highest BCUT2D eigenvalue weighted by atomic mass is 35.5. The number of rotatable bonds is 4. The molecule has 0 aromatic heterocycles. The standard InChI is InChI=1S/C19H19Cl2NO/c20-14-7-5-13(6-8-14)19(17-3-1-2-4-18(17)23)22-16-11-9-15(21)10-12-16/h5-12,17,19,22H,1-4H2. The van der Waals surface area contributed by atoms with Gasteiger partial charge >= 0.3 is 0 Å². The Bertz CT molecular complexity index is 667. The van der Waals surface area contributed by atoms with E-state index in [-0.39, 0.29) is 12.0 Å². The molecule has 23 heavy (non-hydrogen) atoms. The molecule has 120 valence electrons. The third-order valence-electron chi connectivity index (χ3n) is 4.40. The Balaban J connectivity index is 1.90. The number of Topliss-reactive ketones (excluding diaryl/α,β-unsaturated/α-hetero) is 1. The predicted octanol–water partition coefficient (Wildman–Crippen LogP) is 5.91.